The standard InChI is InChI=1S/C12H15N5O/c13-6-8-1-2-10-15-16-12(17(10)7-8)9-3-4-14-11(18)5-9/h3-5,8H,1-2,6-7,13H2,(H,14,18). The number of hydrogen-bond donors (Lipinski definition) is 2. The van der Waals surface area contributed by atoms with E-state index in [4.69, 9.17) is 5.73 Å². The number of fused-ring (bicyclic) bond motifs is 1. The predicted molar refractivity (Wildman–Crippen MR) is 66.9 cm³/mol. The molecule has 6 heteroatoms. The zero-order valence-electron chi connectivity index (χ0n) is 9.97. The highest BCUT2D eigenvalue weighted by atomic mass is 16.1. The van der Waals surface area contributed by atoms with E-state index in [0.717, 1.165) is 36.6 Å². The fourth-order valence-corrected chi connectivity index (χ4v) is 2.38. The van der Waals surface area contributed by atoms with Crippen LogP contribution in [0.1, 0.15) is 12.2 Å². The molecule has 94 valence electrons. The van der Waals surface area contributed by atoms with Gasteiger partial charge in [0.1, 0.15) is 5.82 Å². The third-order valence-corrected chi connectivity index (χ3v) is 3.41. The van der Waals surface area contributed by atoms with Crippen LogP contribution in [0.3, 0.4) is 0 Å². The van der Waals surface area contributed by atoms with Gasteiger partial charge in [-0.15, -0.1) is 10.2 Å². The Balaban J connectivity index is 2.04. The Morgan fingerprint density at radius 2 is 2.39 bits per heavy atom. The third-order valence-electron chi connectivity index (χ3n) is 3.41. The van der Waals surface area contributed by atoms with E-state index in [9.17, 15) is 4.79 Å². The molecule has 2 aromatic heterocycles. The Morgan fingerprint density at radius 1 is 1.50 bits per heavy atom. The van der Waals surface area contributed by atoms with Crippen LogP contribution < -0.4 is 11.3 Å². The van der Waals surface area contributed by atoms with Gasteiger partial charge in [0.15, 0.2) is 5.82 Å². The second-order valence-electron chi connectivity index (χ2n) is 4.63. The van der Waals surface area contributed by atoms with Gasteiger partial charge in [-0.3, -0.25) is 4.79 Å². The zero-order valence-corrected chi connectivity index (χ0v) is 9.97. The van der Waals surface area contributed by atoms with E-state index >= 15 is 0 Å². The summed E-state index contributed by atoms with van der Waals surface area (Å²) in [7, 11) is 0. The molecule has 1 aliphatic heterocycles. The molecule has 3 N–H and O–H groups in total. The van der Waals surface area contributed by atoms with E-state index in [2.05, 4.69) is 19.7 Å². The van der Waals surface area contributed by atoms with Gasteiger partial charge in [0.2, 0.25) is 5.56 Å². The highest BCUT2D eigenvalue weighted by molar-refractivity contribution is 5.54. The van der Waals surface area contributed by atoms with E-state index in [-0.39, 0.29) is 5.56 Å². The van der Waals surface area contributed by atoms with Crippen molar-refractivity contribution in [3.8, 4) is 11.4 Å². The Morgan fingerprint density at radius 3 is 3.17 bits per heavy atom. The molecule has 2 aromatic rings. The smallest absolute Gasteiger partial charge is 0.248 e. The van der Waals surface area contributed by atoms with Crippen LogP contribution in [-0.2, 0) is 13.0 Å². The fourth-order valence-electron chi connectivity index (χ4n) is 2.38. The van der Waals surface area contributed by atoms with Gasteiger partial charge in [-0.1, -0.05) is 0 Å². The maximum Gasteiger partial charge on any atom is 0.248 e. The molecule has 3 heterocycles. The van der Waals surface area contributed by atoms with Gasteiger partial charge in [-0.05, 0) is 24.9 Å². The second-order valence-corrected chi connectivity index (χ2v) is 4.63. The van der Waals surface area contributed by atoms with Crippen LogP contribution >= 0.6 is 0 Å². The lowest BCUT2D eigenvalue weighted by atomic mass is 9.99. The van der Waals surface area contributed by atoms with E-state index in [0.29, 0.717) is 12.5 Å². The average molecular weight is 245 g/mol. The molecule has 0 saturated carbocycles. The van der Waals surface area contributed by atoms with Crippen LogP contribution in [0.4, 0.5) is 0 Å². The maximum atomic E-state index is 11.3. The van der Waals surface area contributed by atoms with Crippen LogP contribution in [0.15, 0.2) is 23.1 Å². The van der Waals surface area contributed by atoms with Crippen LogP contribution in [0, 0.1) is 5.92 Å². The molecule has 3 rings (SSSR count). The van der Waals surface area contributed by atoms with E-state index in [1.54, 1.807) is 12.3 Å². The molecule has 0 aliphatic carbocycles. The summed E-state index contributed by atoms with van der Waals surface area (Å²) in [5, 5.41) is 8.39. The second kappa shape index (κ2) is 4.38. The van der Waals surface area contributed by atoms with Gasteiger partial charge < -0.3 is 15.3 Å². The molecule has 1 atom stereocenters. The van der Waals surface area contributed by atoms with Crippen LogP contribution in [0.2, 0.25) is 0 Å². The summed E-state index contributed by atoms with van der Waals surface area (Å²) in [6.07, 6.45) is 3.59. The van der Waals surface area contributed by atoms with Crippen molar-refractivity contribution < 1.29 is 0 Å². The van der Waals surface area contributed by atoms with E-state index in [1.807, 2.05) is 6.07 Å². The SMILES string of the molecule is NCC1CCc2nnc(-c3cc[nH]c(=O)c3)n2C1. The van der Waals surface area contributed by atoms with Crippen molar-refractivity contribution in [2.45, 2.75) is 19.4 Å². The Labute approximate surface area is 104 Å². The fraction of sp³-hybridized carbons (Fsp3) is 0.417. The lowest BCUT2D eigenvalue weighted by Gasteiger charge is -2.22. The van der Waals surface area contributed by atoms with Gasteiger partial charge >= 0.3 is 0 Å². The maximum absolute atomic E-state index is 11.3. The molecule has 1 aliphatic rings. The number of rotatable bonds is 2. The summed E-state index contributed by atoms with van der Waals surface area (Å²) in [6.45, 7) is 1.51. The normalized spacial score (nSPS) is 18.6. The topological polar surface area (TPSA) is 89.6 Å². The number of hydrogen-bond acceptors (Lipinski definition) is 4. The quantitative estimate of drug-likeness (QED) is 0.788. The summed E-state index contributed by atoms with van der Waals surface area (Å²) in [5.74, 6) is 2.21. The number of nitrogens with zero attached hydrogens (tertiary/aromatic N) is 3. The Bertz CT molecular complexity index is 615. The van der Waals surface area contributed by atoms with Crippen molar-refractivity contribution in [1.82, 2.24) is 19.7 Å². The molecule has 0 saturated heterocycles. The minimum absolute atomic E-state index is 0.129. The number of aromatic nitrogens is 4. The van der Waals surface area contributed by atoms with Gasteiger partial charge in [0.05, 0.1) is 0 Å². The molecule has 0 bridgehead atoms. The number of aryl methyl sites for hydroxylation is 1. The monoisotopic (exact) mass is 245 g/mol. The lowest BCUT2D eigenvalue weighted by Crippen LogP contribution is -2.26. The highest BCUT2D eigenvalue weighted by Crippen LogP contribution is 2.24. The van der Waals surface area contributed by atoms with E-state index in [1.165, 1.54) is 0 Å². The molecule has 0 aromatic carbocycles. The molecule has 0 amide bonds. The lowest BCUT2D eigenvalue weighted by molar-refractivity contribution is 0.375. The summed E-state index contributed by atoms with van der Waals surface area (Å²) in [4.78, 5) is 13.9. The first-order chi connectivity index (χ1) is 8.78. The van der Waals surface area contributed by atoms with Crippen LogP contribution in [0.25, 0.3) is 11.4 Å². The van der Waals surface area contributed by atoms with Crippen LogP contribution in [-0.4, -0.2) is 26.3 Å². The minimum Gasteiger partial charge on any atom is -0.330 e. The Kier molecular flexibility index (Phi) is 2.71. The van der Waals surface area contributed by atoms with Crippen molar-refractivity contribution in [3.05, 3.63) is 34.5 Å². The number of nitrogens with one attached hydrogen (secondary N) is 1. The highest BCUT2D eigenvalue weighted by Gasteiger charge is 2.22. The van der Waals surface area contributed by atoms with Crippen molar-refractivity contribution in [3.63, 3.8) is 0 Å². The molecule has 0 radical (unpaired) electrons. The average Bonchev–Trinajstić information content (AvgIpc) is 2.81. The molecular formula is C12H15N5O. The minimum atomic E-state index is -0.129. The van der Waals surface area contributed by atoms with Crippen molar-refractivity contribution in [2.24, 2.45) is 11.7 Å². The molecule has 1 unspecified atom stereocenters. The van der Waals surface area contributed by atoms with Crippen LogP contribution in [0.5, 0.6) is 0 Å². The number of aromatic amines is 1. The summed E-state index contributed by atoms with van der Waals surface area (Å²) in [5.41, 5.74) is 6.41. The predicted octanol–water partition coefficient (Wildman–Crippen LogP) is 0.154. The summed E-state index contributed by atoms with van der Waals surface area (Å²) >= 11 is 0. The van der Waals surface area contributed by atoms with Gasteiger partial charge in [0, 0.05) is 30.8 Å². The Hall–Kier alpha value is -1.95. The molecule has 0 spiro atoms. The molecular weight excluding hydrogens is 230 g/mol. The van der Waals surface area contributed by atoms with Crippen molar-refractivity contribution in [2.75, 3.05) is 6.54 Å². The molecule has 6 nitrogen and oxygen atoms in total. The molecule has 18 heavy (non-hydrogen) atoms. The number of nitrogens with two attached hydrogens (primary N) is 1. The number of pyridine rings is 1. The molecule has 0 fully saturated rings. The summed E-state index contributed by atoms with van der Waals surface area (Å²) < 4.78 is 2.08. The van der Waals surface area contributed by atoms with Gasteiger partial charge in [-0.2, -0.15) is 0 Å². The number of H-pyrrole nitrogens is 1. The van der Waals surface area contributed by atoms with E-state index < -0.39 is 0 Å². The van der Waals surface area contributed by atoms with Crippen molar-refractivity contribution in [1.29, 1.82) is 0 Å². The zero-order chi connectivity index (χ0) is 12.5. The largest absolute Gasteiger partial charge is 0.330 e. The first-order valence-corrected chi connectivity index (χ1v) is 6.09. The third kappa shape index (κ3) is 1.84. The first kappa shape index (κ1) is 11.2. The summed E-state index contributed by atoms with van der Waals surface area (Å²) in [6, 6.07) is 3.38. The first-order valence-electron chi connectivity index (χ1n) is 6.09. The van der Waals surface area contributed by atoms with Gasteiger partial charge in [-0.25, -0.2) is 0 Å². The van der Waals surface area contributed by atoms with Crippen molar-refractivity contribution >= 4 is 0 Å². The van der Waals surface area contributed by atoms with Gasteiger partial charge in [0.25, 0.3) is 0 Å².